The van der Waals surface area contributed by atoms with Crippen LogP contribution in [-0.2, 0) is 22.9 Å². The molecule has 1 unspecified atom stereocenters. The third kappa shape index (κ3) is 3.53. The molecule has 2 aliphatic rings. The van der Waals surface area contributed by atoms with Gasteiger partial charge in [0.15, 0.2) is 0 Å². The van der Waals surface area contributed by atoms with Crippen LogP contribution >= 0.6 is 11.3 Å². The van der Waals surface area contributed by atoms with Gasteiger partial charge in [-0.15, -0.1) is 11.3 Å². The SMILES string of the molecule is O=S(=O)(NCCCCN1CCc2cccc3c2C1CC3)c1cccs1. The van der Waals surface area contributed by atoms with Gasteiger partial charge in [0, 0.05) is 19.1 Å². The smallest absolute Gasteiger partial charge is 0.250 e. The highest BCUT2D eigenvalue weighted by Gasteiger charge is 2.32. The lowest BCUT2D eigenvalue weighted by Crippen LogP contribution is -2.35. The highest BCUT2D eigenvalue weighted by molar-refractivity contribution is 7.91. The first-order valence-corrected chi connectivity index (χ1v) is 11.4. The number of nitrogens with one attached hydrogen (secondary N) is 1. The summed E-state index contributed by atoms with van der Waals surface area (Å²) >= 11 is 1.26. The van der Waals surface area contributed by atoms with Gasteiger partial charge in [-0.3, -0.25) is 4.90 Å². The van der Waals surface area contributed by atoms with Crippen LogP contribution in [0.25, 0.3) is 0 Å². The Morgan fingerprint density at radius 1 is 1.12 bits per heavy atom. The lowest BCUT2D eigenvalue weighted by atomic mass is 9.93. The van der Waals surface area contributed by atoms with Crippen LogP contribution in [0, 0.1) is 0 Å². The first-order chi connectivity index (χ1) is 12.1. The Balaban J connectivity index is 1.27. The predicted molar refractivity (Wildman–Crippen MR) is 102 cm³/mol. The van der Waals surface area contributed by atoms with E-state index in [1.165, 1.54) is 29.7 Å². The number of aryl methyl sites for hydroxylation is 1. The summed E-state index contributed by atoms with van der Waals surface area (Å²) in [5, 5.41) is 1.79. The van der Waals surface area contributed by atoms with Crippen LogP contribution in [0.4, 0.5) is 0 Å². The third-order valence-corrected chi connectivity index (χ3v) is 8.20. The summed E-state index contributed by atoms with van der Waals surface area (Å²) < 4.78 is 27.3. The zero-order valence-corrected chi connectivity index (χ0v) is 15.9. The van der Waals surface area contributed by atoms with Crippen LogP contribution < -0.4 is 4.72 Å². The molecule has 0 fully saturated rings. The highest BCUT2D eigenvalue weighted by Crippen LogP contribution is 2.41. The lowest BCUT2D eigenvalue weighted by Gasteiger charge is -2.35. The van der Waals surface area contributed by atoms with E-state index in [1.807, 2.05) is 0 Å². The van der Waals surface area contributed by atoms with Crippen molar-refractivity contribution in [3.8, 4) is 0 Å². The molecule has 1 aliphatic heterocycles. The van der Waals surface area contributed by atoms with Crippen LogP contribution in [-0.4, -0.2) is 33.0 Å². The van der Waals surface area contributed by atoms with Crippen LogP contribution in [0.1, 0.15) is 42.0 Å². The summed E-state index contributed by atoms with van der Waals surface area (Å²) in [6.45, 7) is 2.70. The van der Waals surface area contributed by atoms with Gasteiger partial charge in [-0.1, -0.05) is 24.3 Å². The third-order valence-electron chi connectivity index (χ3n) is 5.34. The first kappa shape index (κ1) is 17.2. The van der Waals surface area contributed by atoms with E-state index in [2.05, 4.69) is 27.8 Å². The maximum atomic E-state index is 12.1. The second-order valence-corrected chi connectivity index (χ2v) is 9.81. The van der Waals surface area contributed by atoms with E-state index < -0.39 is 10.0 Å². The van der Waals surface area contributed by atoms with Crippen molar-refractivity contribution in [1.82, 2.24) is 9.62 Å². The Labute approximate surface area is 153 Å². The first-order valence-electron chi connectivity index (χ1n) is 9.03. The summed E-state index contributed by atoms with van der Waals surface area (Å²) in [7, 11) is -3.31. The molecule has 4 nitrogen and oxygen atoms in total. The number of hydrogen-bond donors (Lipinski definition) is 1. The van der Waals surface area contributed by atoms with Crippen molar-refractivity contribution < 1.29 is 8.42 Å². The van der Waals surface area contributed by atoms with Gasteiger partial charge in [0.1, 0.15) is 4.21 Å². The van der Waals surface area contributed by atoms with Gasteiger partial charge in [0.05, 0.1) is 0 Å². The Bertz CT molecular complexity index is 831. The van der Waals surface area contributed by atoms with Crippen molar-refractivity contribution in [1.29, 1.82) is 0 Å². The Morgan fingerprint density at radius 3 is 2.76 bits per heavy atom. The molecule has 0 spiro atoms. The van der Waals surface area contributed by atoms with E-state index in [1.54, 1.807) is 28.6 Å². The molecule has 4 rings (SSSR count). The van der Waals surface area contributed by atoms with Crippen molar-refractivity contribution in [2.45, 2.75) is 42.4 Å². The van der Waals surface area contributed by atoms with Crippen molar-refractivity contribution in [3.63, 3.8) is 0 Å². The van der Waals surface area contributed by atoms with E-state index in [4.69, 9.17) is 0 Å². The molecular formula is C19H24N2O2S2. The Kier molecular flexibility index (Phi) is 4.95. The van der Waals surface area contributed by atoms with E-state index >= 15 is 0 Å². The molecule has 6 heteroatoms. The molecule has 2 heterocycles. The molecule has 0 bridgehead atoms. The fourth-order valence-corrected chi connectivity index (χ4v) is 6.27. The van der Waals surface area contributed by atoms with Gasteiger partial charge in [-0.25, -0.2) is 13.1 Å². The molecule has 0 saturated carbocycles. The van der Waals surface area contributed by atoms with Gasteiger partial charge in [-0.05, 0) is 66.8 Å². The average Bonchev–Trinajstić information content (AvgIpc) is 3.28. The number of unbranched alkanes of at least 4 members (excludes halogenated alkanes) is 1. The van der Waals surface area contributed by atoms with E-state index in [0.717, 1.165) is 32.4 Å². The van der Waals surface area contributed by atoms with Crippen LogP contribution in [0.15, 0.2) is 39.9 Å². The molecule has 1 aromatic carbocycles. The maximum absolute atomic E-state index is 12.1. The molecule has 1 N–H and O–H groups in total. The number of thiophene rings is 1. The summed E-state index contributed by atoms with van der Waals surface area (Å²) in [5.41, 5.74) is 4.67. The van der Waals surface area contributed by atoms with Gasteiger partial charge in [0.2, 0.25) is 10.0 Å². The monoisotopic (exact) mass is 376 g/mol. The summed E-state index contributed by atoms with van der Waals surface area (Å²) in [5.74, 6) is 0. The molecule has 25 heavy (non-hydrogen) atoms. The summed E-state index contributed by atoms with van der Waals surface area (Å²) in [6.07, 6.45) is 5.48. The zero-order chi connectivity index (χ0) is 17.3. The Morgan fingerprint density at radius 2 is 1.96 bits per heavy atom. The molecule has 134 valence electrons. The lowest BCUT2D eigenvalue weighted by molar-refractivity contribution is 0.182. The molecule has 0 radical (unpaired) electrons. The number of sulfonamides is 1. The number of rotatable bonds is 7. The molecule has 1 aliphatic carbocycles. The van der Waals surface area contributed by atoms with Crippen LogP contribution in [0.2, 0.25) is 0 Å². The molecule has 1 aromatic heterocycles. The minimum absolute atomic E-state index is 0.402. The van der Waals surface area contributed by atoms with Gasteiger partial charge in [-0.2, -0.15) is 0 Å². The molecule has 0 saturated heterocycles. The largest absolute Gasteiger partial charge is 0.296 e. The normalized spacial score (nSPS) is 19.9. The van der Waals surface area contributed by atoms with E-state index in [0.29, 0.717) is 16.8 Å². The average molecular weight is 377 g/mol. The van der Waals surface area contributed by atoms with Gasteiger partial charge in [0.25, 0.3) is 0 Å². The molecule has 2 aromatic rings. The van der Waals surface area contributed by atoms with Crippen molar-refractivity contribution in [3.05, 3.63) is 52.4 Å². The minimum atomic E-state index is -3.31. The maximum Gasteiger partial charge on any atom is 0.250 e. The van der Waals surface area contributed by atoms with Crippen LogP contribution in [0.3, 0.4) is 0 Å². The van der Waals surface area contributed by atoms with Crippen LogP contribution in [0.5, 0.6) is 0 Å². The number of benzene rings is 1. The molecule has 0 amide bonds. The molecule has 1 atom stereocenters. The minimum Gasteiger partial charge on any atom is -0.296 e. The van der Waals surface area contributed by atoms with Crippen molar-refractivity contribution in [2.24, 2.45) is 0 Å². The second-order valence-electron chi connectivity index (χ2n) is 6.87. The van der Waals surface area contributed by atoms with Crippen molar-refractivity contribution >= 4 is 21.4 Å². The fourth-order valence-electron chi connectivity index (χ4n) is 4.15. The Hall–Kier alpha value is -1.21. The fraction of sp³-hybridized carbons (Fsp3) is 0.474. The zero-order valence-electron chi connectivity index (χ0n) is 14.3. The van der Waals surface area contributed by atoms with E-state index in [9.17, 15) is 8.42 Å². The van der Waals surface area contributed by atoms with Gasteiger partial charge >= 0.3 is 0 Å². The second kappa shape index (κ2) is 7.19. The topological polar surface area (TPSA) is 49.4 Å². The quantitative estimate of drug-likeness (QED) is 0.754. The standard InChI is InChI=1S/C19H24N2O2S2/c22-25(23,18-7-4-14-24-18)20-11-1-2-12-21-13-10-16-6-3-5-15-8-9-17(21)19(15)16/h3-7,14,17,20H,1-2,8-13H2. The predicted octanol–water partition coefficient (Wildman–Crippen LogP) is 3.35. The summed E-state index contributed by atoms with van der Waals surface area (Å²) in [6, 6.07) is 10.8. The molecular weight excluding hydrogens is 352 g/mol. The van der Waals surface area contributed by atoms with E-state index in [-0.39, 0.29) is 0 Å². The highest BCUT2D eigenvalue weighted by atomic mass is 32.2. The summed E-state index contributed by atoms with van der Waals surface area (Å²) in [4.78, 5) is 2.60. The van der Waals surface area contributed by atoms with Gasteiger partial charge < -0.3 is 0 Å². The van der Waals surface area contributed by atoms with Crippen molar-refractivity contribution in [2.75, 3.05) is 19.6 Å². The number of nitrogens with zero attached hydrogens (tertiary/aromatic N) is 1. The number of hydrogen-bond acceptors (Lipinski definition) is 4.